The summed E-state index contributed by atoms with van der Waals surface area (Å²) in [6, 6.07) is -3.37. The van der Waals surface area contributed by atoms with Gasteiger partial charge in [0.05, 0.1) is 31.5 Å². The standard InChI is InChI=1S/C46H87F3N2O8/c1-3-5-7-9-10-11-12-13-14-15-18-22-26-37(53)40(54)36(34-58-44-43(57)42(56)41(55)38(33-52)59-44)50-39(46(47,48)49)27-23-19-16-17-21-25-29-51(28-24-20-8-6-4-2)45-30-35(31-45)32-45/h35-44,50,52-57H,3-34H2,1-2H3/t35?,36-,37+,38?,39-,40-,41?,42?,43?,44?,45?/m0/s1. The minimum absolute atomic E-state index is 0.200. The first kappa shape index (κ1) is 52.7. The maximum Gasteiger partial charge on any atom is 0.403 e. The first-order chi connectivity index (χ1) is 28.4. The Bertz CT molecular complexity index is 1040. The molecule has 13 heteroatoms. The second-order valence-electron chi connectivity index (χ2n) is 18.6. The fraction of sp³-hybridized carbons (Fsp3) is 1.00. The number of aliphatic hydroxyl groups excluding tert-OH is 6. The minimum Gasteiger partial charge on any atom is -0.394 e. The third-order valence-electron chi connectivity index (χ3n) is 13.6. The summed E-state index contributed by atoms with van der Waals surface area (Å²) in [5.41, 5.74) is 0.461. The van der Waals surface area contributed by atoms with E-state index in [1.54, 1.807) is 0 Å². The van der Waals surface area contributed by atoms with Crippen molar-refractivity contribution in [3.63, 3.8) is 0 Å². The Labute approximate surface area is 355 Å². The highest BCUT2D eigenvalue weighted by atomic mass is 19.4. The van der Waals surface area contributed by atoms with Crippen LogP contribution in [0.4, 0.5) is 13.2 Å². The number of aliphatic hydroxyl groups is 6. The van der Waals surface area contributed by atoms with Gasteiger partial charge in [-0.15, -0.1) is 0 Å². The van der Waals surface area contributed by atoms with E-state index < -0.39 is 74.4 Å². The average Bonchev–Trinajstić information content (AvgIpc) is 3.17. The summed E-state index contributed by atoms with van der Waals surface area (Å²) in [6.45, 7) is 5.46. The molecule has 9 atom stereocenters. The molecule has 0 radical (unpaired) electrons. The fourth-order valence-corrected chi connectivity index (χ4v) is 9.55. The molecule has 1 heterocycles. The SMILES string of the molecule is CCCCCCCCCCCCCC[C@@H](O)[C@@H](O)[C@H](COC1OC(CO)C(O)C(O)C1O)N[C@@H](CCCCCCCCN(CCCCCCC)C12CC(C1)C2)C(F)(F)F. The van der Waals surface area contributed by atoms with Gasteiger partial charge >= 0.3 is 6.18 Å². The Balaban J connectivity index is 1.45. The second-order valence-corrected chi connectivity index (χ2v) is 18.6. The van der Waals surface area contributed by atoms with Gasteiger partial charge < -0.3 is 40.1 Å². The Morgan fingerprint density at radius 1 is 0.661 bits per heavy atom. The van der Waals surface area contributed by atoms with Gasteiger partial charge in [0.2, 0.25) is 0 Å². The lowest BCUT2D eigenvalue weighted by Gasteiger charge is -2.67. The van der Waals surface area contributed by atoms with E-state index in [4.69, 9.17) is 9.47 Å². The van der Waals surface area contributed by atoms with Crippen LogP contribution < -0.4 is 5.32 Å². The Morgan fingerprint density at radius 2 is 1.12 bits per heavy atom. The lowest BCUT2D eigenvalue weighted by molar-refractivity contribution is -0.303. The highest BCUT2D eigenvalue weighted by Crippen LogP contribution is 2.60. The molecule has 0 amide bonds. The molecule has 4 rings (SSSR count). The van der Waals surface area contributed by atoms with Crippen LogP contribution in [0.1, 0.15) is 194 Å². The number of hydrogen-bond donors (Lipinski definition) is 7. The molecule has 59 heavy (non-hydrogen) atoms. The summed E-state index contributed by atoms with van der Waals surface area (Å²) >= 11 is 0. The summed E-state index contributed by atoms with van der Waals surface area (Å²) in [4.78, 5) is 2.75. The third-order valence-corrected chi connectivity index (χ3v) is 13.6. The molecule has 3 saturated carbocycles. The van der Waals surface area contributed by atoms with Crippen molar-refractivity contribution in [2.75, 3.05) is 26.3 Å². The molecule has 4 fully saturated rings. The first-order valence-electron chi connectivity index (χ1n) is 24.2. The molecule has 5 unspecified atom stereocenters. The van der Waals surface area contributed by atoms with Crippen molar-refractivity contribution >= 4 is 0 Å². The minimum atomic E-state index is -4.64. The van der Waals surface area contributed by atoms with E-state index in [2.05, 4.69) is 24.1 Å². The predicted molar refractivity (Wildman–Crippen MR) is 227 cm³/mol. The number of hydrogen-bond acceptors (Lipinski definition) is 10. The maximum atomic E-state index is 14.5. The van der Waals surface area contributed by atoms with E-state index in [0.29, 0.717) is 24.8 Å². The summed E-state index contributed by atoms with van der Waals surface area (Å²) in [5.74, 6) is 0.940. The summed E-state index contributed by atoms with van der Waals surface area (Å²) in [7, 11) is 0. The van der Waals surface area contributed by atoms with Crippen molar-refractivity contribution in [1.29, 1.82) is 0 Å². The molecule has 2 bridgehead atoms. The van der Waals surface area contributed by atoms with Gasteiger partial charge in [0, 0.05) is 5.54 Å². The van der Waals surface area contributed by atoms with E-state index in [1.165, 1.54) is 103 Å². The molecule has 0 aromatic carbocycles. The molecule has 0 aromatic rings. The van der Waals surface area contributed by atoms with E-state index in [-0.39, 0.29) is 12.8 Å². The van der Waals surface area contributed by atoms with Crippen LogP contribution in [-0.4, -0.2) is 129 Å². The summed E-state index contributed by atoms with van der Waals surface area (Å²) in [6.07, 6.45) is 13.4. The number of halogens is 3. The predicted octanol–water partition coefficient (Wildman–Crippen LogP) is 8.06. The van der Waals surface area contributed by atoms with Crippen molar-refractivity contribution in [3.8, 4) is 0 Å². The Kier molecular flexibility index (Phi) is 25.9. The fourth-order valence-electron chi connectivity index (χ4n) is 9.55. The maximum absolute atomic E-state index is 14.5. The largest absolute Gasteiger partial charge is 0.403 e. The van der Waals surface area contributed by atoms with Crippen LogP contribution in [0.5, 0.6) is 0 Å². The average molecular weight is 853 g/mol. The van der Waals surface area contributed by atoms with Gasteiger partial charge in [-0.25, -0.2) is 0 Å². The van der Waals surface area contributed by atoms with Gasteiger partial charge in [-0.3, -0.25) is 10.2 Å². The van der Waals surface area contributed by atoms with Crippen molar-refractivity contribution in [3.05, 3.63) is 0 Å². The van der Waals surface area contributed by atoms with Crippen LogP contribution in [0.15, 0.2) is 0 Å². The van der Waals surface area contributed by atoms with Crippen molar-refractivity contribution in [2.24, 2.45) is 5.92 Å². The second kappa shape index (κ2) is 29.0. The van der Waals surface area contributed by atoms with Crippen LogP contribution in [0.3, 0.4) is 0 Å². The molecule has 10 nitrogen and oxygen atoms in total. The molecule has 350 valence electrons. The zero-order valence-corrected chi connectivity index (χ0v) is 37.0. The summed E-state index contributed by atoms with van der Waals surface area (Å²) in [5, 5.41) is 65.2. The zero-order chi connectivity index (χ0) is 43.1. The Hall–Kier alpha value is -0.610. The third kappa shape index (κ3) is 18.6. The Morgan fingerprint density at radius 3 is 1.56 bits per heavy atom. The normalized spacial score (nSPS) is 27.7. The number of nitrogens with one attached hydrogen (secondary N) is 1. The number of rotatable bonds is 37. The van der Waals surface area contributed by atoms with Crippen LogP contribution in [0.2, 0.25) is 0 Å². The highest BCUT2D eigenvalue weighted by molar-refractivity contribution is 5.14. The van der Waals surface area contributed by atoms with Crippen LogP contribution in [-0.2, 0) is 9.47 Å². The van der Waals surface area contributed by atoms with E-state index in [1.807, 2.05) is 0 Å². The van der Waals surface area contributed by atoms with E-state index in [0.717, 1.165) is 63.8 Å². The summed E-state index contributed by atoms with van der Waals surface area (Å²) < 4.78 is 54.5. The van der Waals surface area contributed by atoms with Crippen LogP contribution in [0.25, 0.3) is 0 Å². The number of unbranched alkanes of at least 4 members (excludes halogenated alkanes) is 20. The smallest absolute Gasteiger partial charge is 0.394 e. The highest BCUT2D eigenvalue weighted by Gasteiger charge is 2.59. The molecule has 1 aliphatic heterocycles. The number of nitrogens with zero attached hydrogens (tertiary/aromatic N) is 1. The molecule has 7 N–H and O–H groups in total. The zero-order valence-electron chi connectivity index (χ0n) is 37.0. The number of alkyl halides is 3. The van der Waals surface area contributed by atoms with E-state index in [9.17, 15) is 43.8 Å². The lowest BCUT2D eigenvalue weighted by atomic mass is 9.49. The van der Waals surface area contributed by atoms with Crippen molar-refractivity contribution < 1.29 is 53.3 Å². The van der Waals surface area contributed by atoms with Gasteiger partial charge in [-0.2, -0.15) is 13.2 Å². The topological polar surface area (TPSA) is 155 Å². The first-order valence-corrected chi connectivity index (χ1v) is 24.2. The molecular formula is C46H87F3N2O8. The van der Waals surface area contributed by atoms with Gasteiger partial charge in [0.25, 0.3) is 0 Å². The molecule has 0 spiro atoms. The van der Waals surface area contributed by atoms with E-state index >= 15 is 0 Å². The van der Waals surface area contributed by atoms with Gasteiger partial charge in [0.1, 0.15) is 30.5 Å². The monoisotopic (exact) mass is 853 g/mol. The molecule has 0 aromatic heterocycles. The number of ether oxygens (including phenoxy) is 2. The van der Waals surface area contributed by atoms with Crippen LogP contribution in [0, 0.1) is 5.92 Å². The van der Waals surface area contributed by atoms with Crippen molar-refractivity contribution in [1.82, 2.24) is 10.2 Å². The van der Waals surface area contributed by atoms with Crippen molar-refractivity contribution in [2.45, 2.75) is 260 Å². The molecule has 4 aliphatic rings. The lowest BCUT2D eigenvalue weighted by Crippen LogP contribution is -2.68. The molecule has 1 saturated heterocycles. The van der Waals surface area contributed by atoms with Gasteiger partial charge in [0.15, 0.2) is 6.29 Å². The van der Waals surface area contributed by atoms with Gasteiger partial charge in [-0.05, 0) is 64.0 Å². The molecule has 3 aliphatic carbocycles. The quantitative estimate of drug-likeness (QED) is 0.0306. The van der Waals surface area contributed by atoms with Gasteiger partial charge in [-0.1, -0.05) is 149 Å². The van der Waals surface area contributed by atoms with Crippen LogP contribution >= 0.6 is 0 Å². The molecular weight excluding hydrogens is 766 g/mol.